The smallest absolute Gasteiger partial charge is 0.334 e. The molecule has 1 atom stereocenters. The molecule has 0 saturated carbocycles. The van der Waals surface area contributed by atoms with Gasteiger partial charge in [0.2, 0.25) is 5.91 Å². The van der Waals surface area contributed by atoms with Crippen molar-refractivity contribution in [3.05, 3.63) is 65.0 Å². The van der Waals surface area contributed by atoms with Gasteiger partial charge in [-0.25, -0.2) is 4.79 Å². The second kappa shape index (κ2) is 7.54. The van der Waals surface area contributed by atoms with Crippen LogP contribution in [0, 0.1) is 13.8 Å². The number of aromatic nitrogens is 1. The van der Waals surface area contributed by atoms with E-state index in [1.807, 2.05) is 32.0 Å². The number of benzene rings is 1. The number of carbonyl (C=O) groups excluding carboxylic acids is 2. The minimum absolute atomic E-state index is 0.196. The Labute approximate surface area is 135 Å². The van der Waals surface area contributed by atoms with Crippen LogP contribution in [-0.4, -0.2) is 24.0 Å². The highest BCUT2D eigenvalue weighted by atomic mass is 16.5. The number of ether oxygens (including phenoxy) is 1. The second-order valence-electron chi connectivity index (χ2n) is 5.37. The van der Waals surface area contributed by atoms with Gasteiger partial charge in [-0.3, -0.25) is 9.78 Å². The lowest BCUT2D eigenvalue weighted by Gasteiger charge is -2.16. The predicted molar refractivity (Wildman–Crippen MR) is 86.8 cm³/mol. The average Bonchev–Trinajstić information content (AvgIpc) is 2.56. The summed E-state index contributed by atoms with van der Waals surface area (Å²) in [6, 6.07) is 10.1. The molecule has 1 N–H and O–H groups in total. The Morgan fingerprint density at radius 3 is 2.57 bits per heavy atom. The maximum Gasteiger partial charge on any atom is 0.334 e. The number of carbonyl (C=O) groups is 2. The normalized spacial score (nSPS) is 11.6. The molecule has 1 aromatic heterocycles. The zero-order valence-corrected chi connectivity index (χ0v) is 13.5. The van der Waals surface area contributed by atoms with Crippen LogP contribution in [0.4, 0.5) is 0 Å². The number of methoxy groups -OCH3 is 1. The van der Waals surface area contributed by atoms with Gasteiger partial charge in [-0.05, 0) is 42.7 Å². The molecule has 0 bridgehead atoms. The van der Waals surface area contributed by atoms with Crippen molar-refractivity contribution in [3.63, 3.8) is 0 Å². The third kappa shape index (κ3) is 4.39. The van der Waals surface area contributed by atoms with E-state index < -0.39 is 12.0 Å². The summed E-state index contributed by atoms with van der Waals surface area (Å²) in [5.74, 6) is -0.800. The highest BCUT2D eigenvalue weighted by Crippen LogP contribution is 2.13. The van der Waals surface area contributed by atoms with Crippen LogP contribution >= 0.6 is 0 Å². The summed E-state index contributed by atoms with van der Waals surface area (Å²) in [5.41, 5.74) is 3.66. The van der Waals surface area contributed by atoms with Gasteiger partial charge in [0, 0.05) is 6.20 Å². The van der Waals surface area contributed by atoms with Crippen molar-refractivity contribution in [3.8, 4) is 0 Å². The highest BCUT2D eigenvalue weighted by Gasteiger charge is 2.24. The van der Waals surface area contributed by atoms with Crippen molar-refractivity contribution in [1.29, 1.82) is 0 Å². The molecule has 0 spiro atoms. The Morgan fingerprint density at radius 2 is 1.96 bits per heavy atom. The molecule has 1 unspecified atom stereocenters. The molecule has 5 heteroatoms. The van der Waals surface area contributed by atoms with Crippen molar-refractivity contribution in [2.75, 3.05) is 7.11 Å². The van der Waals surface area contributed by atoms with Crippen LogP contribution in [0.25, 0.3) is 0 Å². The first-order valence-corrected chi connectivity index (χ1v) is 7.35. The Morgan fingerprint density at radius 1 is 1.17 bits per heavy atom. The van der Waals surface area contributed by atoms with E-state index in [1.165, 1.54) is 12.7 Å². The molecule has 2 rings (SSSR count). The van der Waals surface area contributed by atoms with Gasteiger partial charge in [0.1, 0.15) is 0 Å². The van der Waals surface area contributed by atoms with Crippen LogP contribution in [0.1, 0.15) is 28.4 Å². The lowest BCUT2D eigenvalue weighted by Crippen LogP contribution is -2.36. The maximum absolute atomic E-state index is 12.3. The lowest BCUT2D eigenvalue weighted by molar-refractivity contribution is -0.145. The topological polar surface area (TPSA) is 68.3 Å². The molecule has 0 aliphatic heterocycles. The Kier molecular flexibility index (Phi) is 5.46. The molecular formula is C18H20N2O3. The average molecular weight is 312 g/mol. The zero-order valence-electron chi connectivity index (χ0n) is 13.5. The van der Waals surface area contributed by atoms with Crippen molar-refractivity contribution in [2.45, 2.75) is 26.3 Å². The Bertz CT molecular complexity index is 699. The summed E-state index contributed by atoms with van der Waals surface area (Å²) in [6.45, 7) is 4.02. The molecule has 23 heavy (non-hydrogen) atoms. The van der Waals surface area contributed by atoms with Gasteiger partial charge in [-0.2, -0.15) is 0 Å². The largest absolute Gasteiger partial charge is 0.467 e. The number of rotatable bonds is 5. The van der Waals surface area contributed by atoms with Crippen LogP contribution in [0.5, 0.6) is 0 Å². The van der Waals surface area contributed by atoms with E-state index in [4.69, 9.17) is 4.74 Å². The third-order valence-corrected chi connectivity index (χ3v) is 3.66. The van der Waals surface area contributed by atoms with E-state index in [9.17, 15) is 9.59 Å². The molecule has 0 saturated heterocycles. The van der Waals surface area contributed by atoms with Gasteiger partial charge in [0.05, 0.1) is 19.2 Å². The van der Waals surface area contributed by atoms with Crippen molar-refractivity contribution >= 4 is 11.9 Å². The molecule has 1 amide bonds. The first kappa shape index (κ1) is 16.7. The quantitative estimate of drug-likeness (QED) is 0.860. The van der Waals surface area contributed by atoms with E-state index in [1.54, 1.807) is 24.4 Å². The molecule has 1 aromatic carbocycles. The second-order valence-corrected chi connectivity index (χ2v) is 5.37. The molecule has 0 aliphatic rings. The number of hydrogen-bond donors (Lipinski definition) is 1. The van der Waals surface area contributed by atoms with Crippen LogP contribution in [0.3, 0.4) is 0 Å². The minimum atomic E-state index is -0.903. The molecular weight excluding hydrogens is 292 g/mol. The van der Waals surface area contributed by atoms with Gasteiger partial charge in [0.25, 0.3) is 0 Å². The maximum atomic E-state index is 12.3. The number of hydrogen-bond acceptors (Lipinski definition) is 4. The molecule has 5 nitrogen and oxygen atoms in total. The van der Waals surface area contributed by atoms with E-state index in [0.29, 0.717) is 5.69 Å². The van der Waals surface area contributed by atoms with E-state index in [-0.39, 0.29) is 12.3 Å². The monoisotopic (exact) mass is 312 g/mol. The van der Waals surface area contributed by atoms with Crippen LogP contribution < -0.4 is 5.32 Å². The summed E-state index contributed by atoms with van der Waals surface area (Å²) in [7, 11) is 1.29. The number of amides is 1. The molecule has 0 fully saturated rings. The van der Waals surface area contributed by atoms with E-state index >= 15 is 0 Å². The number of nitrogens with zero attached hydrogens (tertiary/aromatic N) is 1. The zero-order chi connectivity index (χ0) is 16.8. The summed E-state index contributed by atoms with van der Waals surface area (Å²) < 4.78 is 4.76. The first-order valence-electron chi connectivity index (χ1n) is 7.35. The molecule has 1 heterocycles. The summed E-state index contributed by atoms with van der Waals surface area (Å²) >= 11 is 0. The van der Waals surface area contributed by atoms with Crippen molar-refractivity contribution in [2.24, 2.45) is 0 Å². The Hall–Kier alpha value is -2.69. The van der Waals surface area contributed by atoms with Gasteiger partial charge >= 0.3 is 5.97 Å². The van der Waals surface area contributed by atoms with Gasteiger partial charge < -0.3 is 10.1 Å². The summed E-state index contributed by atoms with van der Waals surface area (Å²) in [6.07, 6.45) is 1.77. The molecule has 120 valence electrons. The molecule has 0 aliphatic carbocycles. The standard InChI is InChI=1S/C18H20N2O3/c1-12-7-8-14(10-13(12)2)11-16(21)20-17(18(22)23-3)15-6-4-5-9-19-15/h4-10,17H,11H2,1-3H3,(H,20,21). The molecule has 0 radical (unpaired) electrons. The fourth-order valence-electron chi connectivity index (χ4n) is 2.23. The van der Waals surface area contributed by atoms with Crippen molar-refractivity contribution in [1.82, 2.24) is 10.3 Å². The number of aryl methyl sites for hydroxylation is 2. The van der Waals surface area contributed by atoms with E-state index in [0.717, 1.165) is 11.1 Å². The predicted octanol–water partition coefficient (Wildman–Crippen LogP) is 2.27. The number of esters is 1. The van der Waals surface area contributed by atoms with Gasteiger partial charge in [-0.15, -0.1) is 0 Å². The summed E-state index contributed by atoms with van der Waals surface area (Å²) in [4.78, 5) is 28.3. The fourth-order valence-corrected chi connectivity index (χ4v) is 2.23. The van der Waals surface area contributed by atoms with Crippen LogP contribution in [0.2, 0.25) is 0 Å². The highest BCUT2D eigenvalue weighted by molar-refractivity contribution is 5.86. The first-order chi connectivity index (χ1) is 11.0. The van der Waals surface area contributed by atoms with Crippen LogP contribution in [0.15, 0.2) is 42.6 Å². The van der Waals surface area contributed by atoms with Gasteiger partial charge in [-0.1, -0.05) is 24.3 Å². The molecule has 2 aromatic rings. The van der Waals surface area contributed by atoms with Crippen LogP contribution in [-0.2, 0) is 20.7 Å². The van der Waals surface area contributed by atoms with E-state index in [2.05, 4.69) is 10.3 Å². The third-order valence-electron chi connectivity index (χ3n) is 3.66. The van der Waals surface area contributed by atoms with Gasteiger partial charge in [0.15, 0.2) is 6.04 Å². The number of nitrogens with one attached hydrogen (secondary N) is 1. The lowest BCUT2D eigenvalue weighted by atomic mass is 10.0. The summed E-state index contributed by atoms with van der Waals surface area (Å²) in [5, 5.41) is 2.69. The number of pyridine rings is 1. The SMILES string of the molecule is COC(=O)C(NC(=O)Cc1ccc(C)c(C)c1)c1ccccn1. The fraction of sp³-hybridized carbons (Fsp3) is 0.278. The van der Waals surface area contributed by atoms with Crippen molar-refractivity contribution < 1.29 is 14.3 Å². The Balaban J connectivity index is 2.11. The minimum Gasteiger partial charge on any atom is -0.467 e.